The summed E-state index contributed by atoms with van der Waals surface area (Å²) in [5, 5.41) is 19.2. The van der Waals surface area contributed by atoms with Crippen molar-refractivity contribution in [1.82, 2.24) is 0 Å². The van der Waals surface area contributed by atoms with Crippen LogP contribution in [-0.4, -0.2) is 16.8 Å². The summed E-state index contributed by atoms with van der Waals surface area (Å²) in [5.74, 6) is 0.122. The van der Waals surface area contributed by atoms with Crippen molar-refractivity contribution in [2.24, 2.45) is 11.1 Å². The van der Waals surface area contributed by atoms with Gasteiger partial charge in [-0.2, -0.15) is 0 Å². The highest BCUT2D eigenvalue weighted by atomic mass is 79.9. The lowest BCUT2D eigenvalue weighted by molar-refractivity contribution is 0.131. The summed E-state index contributed by atoms with van der Waals surface area (Å²) < 4.78 is 1.41. The normalized spacial score (nSPS) is 13.1. The zero-order chi connectivity index (χ0) is 12.5. The van der Waals surface area contributed by atoms with Crippen LogP contribution < -0.4 is 5.73 Å². The average molecular weight is 390 g/mol. The van der Waals surface area contributed by atoms with Crippen molar-refractivity contribution in [3.63, 3.8) is 0 Å². The highest BCUT2D eigenvalue weighted by Gasteiger charge is 2.29. The fourth-order valence-corrected chi connectivity index (χ4v) is 2.60. The van der Waals surface area contributed by atoms with Crippen molar-refractivity contribution in [3.05, 3.63) is 26.6 Å². The van der Waals surface area contributed by atoms with Crippen LogP contribution in [0.1, 0.15) is 25.5 Å². The van der Waals surface area contributed by atoms with Gasteiger partial charge < -0.3 is 15.9 Å². The van der Waals surface area contributed by atoms with E-state index < -0.39 is 11.5 Å². The molecule has 0 saturated carbocycles. The largest absolute Gasteiger partial charge is 0.506 e. The van der Waals surface area contributed by atoms with Gasteiger partial charge in [0.25, 0.3) is 0 Å². The summed E-state index contributed by atoms with van der Waals surface area (Å²) in [7, 11) is 0. The van der Waals surface area contributed by atoms with Crippen molar-refractivity contribution in [3.8, 4) is 5.75 Å². The minimum absolute atomic E-state index is 0. The second-order valence-electron chi connectivity index (χ2n) is 4.45. The number of benzene rings is 1. The molecule has 0 aliphatic rings. The summed E-state index contributed by atoms with van der Waals surface area (Å²) >= 11 is 6.60. The zero-order valence-electron chi connectivity index (χ0n) is 9.58. The Morgan fingerprint density at radius 1 is 1.35 bits per heavy atom. The number of aliphatic hydroxyl groups is 1. The summed E-state index contributed by atoms with van der Waals surface area (Å²) in [5.41, 5.74) is 6.18. The molecule has 1 rings (SSSR count). The van der Waals surface area contributed by atoms with E-state index in [9.17, 15) is 10.2 Å². The molecule has 0 fully saturated rings. The lowest BCUT2D eigenvalue weighted by atomic mass is 9.81. The molecule has 0 aliphatic carbocycles. The van der Waals surface area contributed by atoms with E-state index in [1.54, 1.807) is 12.1 Å². The Bertz CT molecular complexity index is 399. The maximum Gasteiger partial charge on any atom is 0.134 e. The van der Waals surface area contributed by atoms with Gasteiger partial charge in [0, 0.05) is 28.1 Å². The molecule has 0 bridgehead atoms. The number of hydrogen-bond acceptors (Lipinski definition) is 3. The van der Waals surface area contributed by atoms with E-state index in [1.807, 2.05) is 13.8 Å². The highest BCUT2D eigenvalue weighted by molar-refractivity contribution is 9.11. The third-order valence-electron chi connectivity index (χ3n) is 2.64. The van der Waals surface area contributed by atoms with Gasteiger partial charge >= 0.3 is 0 Å². The molecular formula is C11H16Br2ClNO2. The number of nitrogens with two attached hydrogens (primary N) is 1. The minimum atomic E-state index is -0.488. The molecule has 1 aromatic rings. The lowest BCUT2D eigenvalue weighted by Gasteiger charge is -2.30. The first-order chi connectivity index (χ1) is 7.29. The molecule has 6 heteroatoms. The van der Waals surface area contributed by atoms with Crippen molar-refractivity contribution in [1.29, 1.82) is 0 Å². The average Bonchev–Trinajstić information content (AvgIpc) is 2.22. The van der Waals surface area contributed by atoms with Gasteiger partial charge in [0.15, 0.2) is 0 Å². The number of aliphatic hydroxyl groups excluding tert-OH is 1. The molecule has 0 saturated heterocycles. The van der Waals surface area contributed by atoms with E-state index in [1.165, 1.54) is 0 Å². The Kier molecular flexibility index (Phi) is 6.46. The molecule has 1 atom stereocenters. The second-order valence-corrected chi connectivity index (χ2v) is 6.22. The molecule has 0 heterocycles. The smallest absolute Gasteiger partial charge is 0.134 e. The first-order valence-electron chi connectivity index (χ1n) is 4.84. The fraction of sp³-hybridized carbons (Fsp3) is 0.455. The number of phenolic OH excluding ortho intramolecular Hbond substituents is 1. The summed E-state index contributed by atoms with van der Waals surface area (Å²) in [6.45, 7) is 3.66. The van der Waals surface area contributed by atoms with Crippen molar-refractivity contribution in [2.45, 2.75) is 19.9 Å². The number of halogens is 3. The Morgan fingerprint density at radius 2 is 1.88 bits per heavy atom. The fourth-order valence-electron chi connectivity index (χ4n) is 1.34. The van der Waals surface area contributed by atoms with Crippen LogP contribution in [0.15, 0.2) is 21.1 Å². The predicted octanol–water partition coefficient (Wildman–Crippen LogP) is 3.36. The monoisotopic (exact) mass is 387 g/mol. The predicted molar refractivity (Wildman–Crippen MR) is 78.6 cm³/mol. The summed E-state index contributed by atoms with van der Waals surface area (Å²) in [6, 6.07) is 3.07. The van der Waals surface area contributed by atoms with Gasteiger partial charge in [0.1, 0.15) is 5.75 Å². The molecule has 0 radical (unpaired) electrons. The molecule has 0 spiro atoms. The van der Waals surface area contributed by atoms with Gasteiger partial charge in [-0.05, 0) is 28.1 Å². The van der Waals surface area contributed by atoms with Gasteiger partial charge in [-0.25, -0.2) is 0 Å². The first-order valence-corrected chi connectivity index (χ1v) is 6.42. The Morgan fingerprint density at radius 3 is 2.35 bits per heavy atom. The number of rotatable bonds is 3. The number of phenols is 1. The van der Waals surface area contributed by atoms with Gasteiger partial charge in [-0.3, -0.25) is 0 Å². The van der Waals surface area contributed by atoms with Gasteiger partial charge in [-0.1, -0.05) is 29.8 Å². The van der Waals surface area contributed by atoms with Gasteiger partial charge in [0.2, 0.25) is 0 Å². The van der Waals surface area contributed by atoms with Crippen molar-refractivity contribution in [2.75, 3.05) is 6.61 Å². The minimum Gasteiger partial charge on any atom is -0.506 e. The molecule has 98 valence electrons. The van der Waals surface area contributed by atoms with Crippen molar-refractivity contribution >= 4 is 44.3 Å². The molecule has 3 nitrogen and oxygen atoms in total. The molecule has 17 heavy (non-hydrogen) atoms. The van der Waals surface area contributed by atoms with Crippen LogP contribution in [0.2, 0.25) is 0 Å². The highest BCUT2D eigenvalue weighted by Crippen LogP contribution is 2.40. The van der Waals surface area contributed by atoms with E-state index in [0.29, 0.717) is 10.0 Å². The summed E-state index contributed by atoms with van der Waals surface area (Å²) in [4.78, 5) is 0. The van der Waals surface area contributed by atoms with E-state index in [2.05, 4.69) is 31.9 Å². The van der Waals surface area contributed by atoms with Crippen molar-refractivity contribution < 1.29 is 10.2 Å². The Balaban J connectivity index is 0.00000256. The molecule has 0 aromatic heterocycles. The molecular weight excluding hydrogens is 373 g/mol. The third kappa shape index (κ3) is 3.83. The molecule has 0 unspecified atom stereocenters. The Labute approximate surface area is 124 Å². The van der Waals surface area contributed by atoms with Crippen LogP contribution in [0.3, 0.4) is 0 Å². The van der Waals surface area contributed by atoms with Crippen LogP contribution >= 0.6 is 44.3 Å². The van der Waals surface area contributed by atoms with Crippen LogP contribution in [0, 0.1) is 5.41 Å². The van der Waals surface area contributed by atoms with Crippen LogP contribution in [0.4, 0.5) is 0 Å². The topological polar surface area (TPSA) is 66.5 Å². The lowest BCUT2D eigenvalue weighted by Crippen LogP contribution is -2.32. The third-order valence-corrected chi connectivity index (χ3v) is 3.70. The van der Waals surface area contributed by atoms with Gasteiger partial charge in [-0.15, -0.1) is 12.4 Å². The molecule has 4 N–H and O–H groups in total. The number of hydrogen-bond donors (Lipinski definition) is 3. The zero-order valence-corrected chi connectivity index (χ0v) is 13.6. The molecule has 1 aromatic carbocycles. The molecule has 0 amide bonds. The van der Waals surface area contributed by atoms with Crippen LogP contribution in [0.25, 0.3) is 0 Å². The van der Waals surface area contributed by atoms with E-state index >= 15 is 0 Å². The second kappa shape index (κ2) is 6.38. The number of aromatic hydroxyl groups is 1. The SMILES string of the molecule is CC(C)(CO)[C@H](N)c1cc(Br)cc(Br)c1O.Cl. The standard InChI is InChI=1S/C11H15Br2NO2.ClH/c1-11(2,5-15)10(14)7-3-6(12)4-8(13)9(7)16;/h3-4,10,15-16H,5,14H2,1-2H3;1H/t10-;/m1./s1. The maximum atomic E-state index is 9.92. The van der Waals surface area contributed by atoms with Crippen LogP contribution in [-0.2, 0) is 0 Å². The van der Waals surface area contributed by atoms with E-state index in [0.717, 1.165) is 4.47 Å². The summed E-state index contributed by atoms with van der Waals surface area (Å²) in [6.07, 6.45) is 0. The van der Waals surface area contributed by atoms with Gasteiger partial charge in [0.05, 0.1) is 4.47 Å². The quantitative estimate of drug-likeness (QED) is 0.743. The van der Waals surface area contributed by atoms with E-state index in [4.69, 9.17) is 5.73 Å². The van der Waals surface area contributed by atoms with Crippen LogP contribution in [0.5, 0.6) is 5.75 Å². The molecule has 0 aliphatic heterocycles. The maximum absolute atomic E-state index is 9.92. The van der Waals surface area contributed by atoms with E-state index in [-0.39, 0.29) is 24.8 Å². The Hall–Kier alpha value is 0.190. The first kappa shape index (κ1) is 17.2.